The Morgan fingerprint density at radius 3 is 2.41 bits per heavy atom. The molecule has 1 aliphatic rings. The predicted molar refractivity (Wildman–Crippen MR) is 106 cm³/mol. The molecule has 0 aliphatic carbocycles. The lowest BCUT2D eigenvalue weighted by atomic mass is 10.1. The average molecular weight is 437 g/mol. The Bertz CT molecular complexity index is 1170. The van der Waals surface area contributed by atoms with E-state index >= 15 is 0 Å². The molecule has 3 rings (SSSR count). The molecule has 0 saturated carbocycles. The van der Waals surface area contributed by atoms with Gasteiger partial charge in [-0.25, -0.2) is 21.6 Å². The second-order valence-corrected chi connectivity index (χ2v) is 11.1. The summed E-state index contributed by atoms with van der Waals surface area (Å²) in [6.07, 6.45) is 0.0431. The van der Waals surface area contributed by atoms with Gasteiger partial charge in [-0.1, -0.05) is 12.1 Å². The number of esters is 1. The molecule has 1 amide bonds. The number of carbonyl (C=O) groups is 2. The van der Waals surface area contributed by atoms with Crippen molar-refractivity contribution in [3.8, 4) is 0 Å². The van der Waals surface area contributed by atoms with Crippen LogP contribution in [0.25, 0.3) is 0 Å². The van der Waals surface area contributed by atoms with E-state index in [1.54, 1.807) is 12.1 Å². The van der Waals surface area contributed by atoms with Gasteiger partial charge in [0.05, 0.1) is 34.3 Å². The number of rotatable bonds is 5. The van der Waals surface area contributed by atoms with Crippen molar-refractivity contribution in [3.05, 3.63) is 59.7 Å². The molecule has 8 nitrogen and oxygen atoms in total. The molecular formula is C19H19NO7S2. The molecule has 0 unspecified atom stereocenters. The monoisotopic (exact) mass is 437 g/mol. The molecule has 0 spiro atoms. The van der Waals surface area contributed by atoms with Crippen LogP contribution in [0.15, 0.2) is 53.4 Å². The van der Waals surface area contributed by atoms with E-state index < -0.39 is 42.6 Å². The lowest BCUT2D eigenvalue weighted by Crippen LogP contribution is -2.23. The number of methoxy groups -OCH3 is 1. The van der Waals surface area contributed by atoms with E-state index in [0.717, 1.165) is 0 Å². The standard InChI is InChI=1S/C19H19NO7S2/c1-27-19(22)14-5-2-6-15(10-14)20-18(21)13-4-3-7-16(11-13)29(25,26)17-8-9-28(23,24)12-17/h2-7,10-11,17H,8-9,12H2,1H3,(H,20,21)/t17-/m1/s1. The van der Waals surface area contributed by atoms with E-state index in [-0.39, 0.29) is 28.2 Å². The normalized spacial score (nSPS) is 18.2. The number of ether oxygens (including phenoxy) is 1. The Morgan fingerprint density at radius 1 is 1.07 bits per heavy atom. The third kappa shape index (κ3) is 4.65. The van der Waals surface area contributed by atoms with Gasteiger partial charge in [0.25, 0.3) is 5.91 Å². The maximum absolute atomic E-state index is 12.8. The van der Waals surface area contributed by atoms with Crippen LogP contribution in [0.5, 0.6) is 0 Å². The summed E-state index contributed by atoms with van der Waals surface area (Å²) in [4.78, 5) is 24.1. The van der Waals surface area contributed by atoms with Gasteiger partial charge in [0, 0.05) is 11.3 Å². The number of sulfone groups is 2. The minimum Gasteiger partial charge on any atom is -0.465 e. The Morgan fingerprint density at radius 2 is 1.76 bits per heavy atom. The summed E-state index contributed by atoms with van der Waals surface area (Å²) < 4.78 is 53.4. The number of hydrogen-bond acceptors (Lipinski definition) is 7. The van der Waals surface area contributed by atoms with Crippen LogP contribution < -0.4 is 5.32 Å². The fraction of sp³-hybridized carbons (Fsp3) is 0.263. The van der Waals surface area contributed by atoms with Crippen molar-refractivity contribution in [2.45, 2.75) is 16.6 Å². The molecule has 0 bridgehead atoms. The highest BCUT2D eigenvalue weighted by Gasteiger charge is 2.38. The second kappa shape index (κ2) is 7.96. The molecule has 1 saturated heterocycles. The van der Waals surface area contributed by atoms with E-state index in [0.29, 0.717) is 5.69 Å². The second-order valence-electron chi connectivity index (χ2n) is 6.62. The highest BCUT2D eigenvalue weighted by molar-refractivity contribution is 7.96. The van der Waals surface area contributed by atoms with Crippen molar-refractivity contribution in [2.75, 3.05) is 23.9 Å². The van der Waals surface area contributed by atoms with Gasteiger partial charge in [0.15, 0.2) is 19.7 Å². The van der Waals surface area contributed by atoms with Gasteiger partial charge in [-0.05, 0) is 42.8 Å². The van der Waals surface area contributed by atoms with Gasteiger partial charge in [-0.3, -0.25) is 4.79 Å². The van der Waals surface area contributed by atoms with Gasteiger partial charge in [0.2, 0.25) is 0 Å². The van der Waals surface area contributed by atoms with E-state index in [4.69, 9.17) is 0 Å². The molecule has 1 heterocycles. The highest BCUT2D eigenvalue weighted by atomic mass is 32.2. The molecule has 2 aromatic carbocycles. The molecule has 1 aliphatic heterocycles. The molecule has 0 aromatic heterocycles. The van der Waals surface area contributed by atoms with E-state index in [1.165, 1.54) is 43.5 Å². The largest absolute Gasteiger partial charge is 0.465 e. The fourth-order valence-electron chi connectivity index (χ4n) is 3.06. The van der Waals surface area contributed by atoms with Gasteiger partial charge >= 0.3 is 5.97 Å². The zero-order chi connectivity index (χ0) is 21.2. The number of anilines is 1. The zero-order valence-corrected chi connectivity index (χ0v) is 17.1. The SMILES string of the molecule is COC(=O)c1cccc(NC(=O)c2cccc(S(=O)(=O)[C@@H]3CCS(=O)(=O)C3)c2)c1. The summed E-state index contributed by atoms with van der Waals surface area (Å²) >= 11 is 0. The van der Waals surface area contributed by atoms with Gasteiger partial charge in [0.1, 0.15) is 0 Å². The lowest BCUT2D eigenvalue weighted by Gasteiger charge is -2.12. The first-order valence-corrected chi connectivity index (χ1v) is 12.0. The third-order valence-corrected chi connectivity index (χ3v) is 8.77. The molecule has 29 heavy (non-hydrogen) atoms. The van der Waals surface area contributed by atoms with Crippen LogP contribution in [-0.4, -0.2) is 52.6 Å². The third-order valence-electron chi connectivity index (χ3n) is 4.60. The average Bonchev–Trinajstić information content (AvgIpc) is 3.08. The Hall–Kier alpha value is -2.72. The minimum atomic E-state index is -3.88. The number of amides is 1. The fourth-order valence-corrected chi connectivity index (χ4v) is 7.46. The first kappa shape index (κ1) is 21.0. The Kier molecular flexibility index (Phi) is 5.76. The molecule has 10 heteroatoms. The van der Waals surface area contributed by atoms with Crippen LogP contribution in [0.2, 0.25) is 0 Å². The summed E-state index contributed by atoms with van der Waals surface area (Å²) in [5.41, 5.74) is 0.688. The van der Waals surface area contributed by atoms with Crippen LogP contribution >= 0.6 is 0 Å². The highest BCUT2D eigenvalue weighted by Crippen LogP contribution is 2.26. The topological polar surface area (TPSA) is 124 Å². The quantitative estimate of drug-likeness (QED) is 0.706. The molecular weight excluding hydrogens is 418 g/mol. The molecule has 2 aromatic rings. The Balaban J connectivity index is 1.82. The van der Waals surface area contributed by atoms with Crippen LogP contribution in [0.4, 0.5) is 5.69 Å². The van der Waals surface area contributed by atoms with Crippen molar-refractivity contribution in [1.82, 2.24) is 0 Å². The maximum atomic E-state index is 12.8. The van der Waals surface area contributed by atoms with Crippen LogP contribution in [0.3, 0.4) is 0 Å². The van der Waals surface area contributed by atoms with Crippen molar-refractivity contribution in [2.24, 2.45) is 0 Å². The van der Waals surface area contributed by atoms with Crippen molar-refractivity contribution < 1.29 is 31.2 Å². The first-order valence-electron chi connectivity index (χ1n) is 8.66. The van der Waals surface area contributed by atoms with Crippen molar-refractivity contribution in [3.63, 3.8) is 0 Å². The summed E-state index contributed by atoms with van der Waals surface area (Å²) in [7, 11) is -6.00. The predicted octanol–water partition coefficient (Wildman–Crippen LogP) is 1.69. The van der Waals surface area contributed by atoms with Crippen molar-refractivity contribution >= 4 is 37.2 Å². The molecule has 1 atom stereocenters. The van der Waals surface area contributed by atoms with Crippen LogP contribution in [0.1, 0.15) is 27.1 Å². The van der Waals surface area contributed by atoms with Crippen molar-refractivity contribution in [1.29, 1.82) is 0 Å². The number of benzene rings is 2. The summed E-state index contributed by atoms with van der Waals surface area (Å²) in [6, 6.07) is 11.6. The number of carbonyl (C=O) groups excluding carboxylic acids is 2. The summed E-state index contributed by atoms with van der Waals surface area (Å²) in [5, 5.41) is 1.59. The molecule has 0 radical (unpaired) electrons. The maximum Gasteiger partial charge on any atom is 0.337 e. The number of nitrogens with one attached hydrogen (secondary N) is 1. The number of hydrogen-bond donors (Lipinski definition) is 1. The lowest BCUT2D eigenvalue weighted by molar-refractivity contribution is 0.0600. The van der Waals surface area contributed by atoms with E-state index in [1.807, 2.05) is 0 Å². The van der Waals surface area contributed by atoms with Gasteiger partial charge in [-0.2, -0.15) is 0 Å². The van der Waals surface area contributed by atoms with Crippen LogP contribution in [0, 0.1) is 0 Å². The first-order chi connectivity index (χ1) is 13.6. The summed E-state index contributed by atoms with van der Waals surface area (Å²) in [6.45, 7) is 0. The van der Waals surface area contributed by atoms with E-state index in [2.05, 4.69) is 10.1 Å². The zero-order valence-electron chi connectivity index (χ0n) is 15.5. The molecule has 1 fully saturated rings. The minimum absolute atomic E-state index is 0.0431. The molecule has 154 valence electrons. The molecule has 1 N–H and O–H groups in total. The summed E-state index contributed by atoms with van der Waals surface area (Å²) in [5.74, 6) is -1.69. The van der Waals surface area contributed by atoms with Gasteiger partial charge < -0.3 is 10.1 Å². The van der Waals surface area contributed by atoms with Gasteiger partial charge in [-0.15, -0.1) is 0 Å². The van der Waals surface area contributed by atoms with E-state index in [9.17, 15) is 26.4 Å². The Labute approximate surface area is 168 Å². The smallest absolute Gasteiger partial charge is 0.337 e. The van der Waals surface area contributed by atoms with Crippen LogP contribution in [-0.2, 0) is 24.4 Å².